The zero-order valence-corrected chi connectivity index (χ0v) is 19.5. The fourth-order valence-corrected chi connectivity index (χ4v) is 4.67. The number of pyridine rings is 1. The Hall–Kier alpha value is -2.94. The van der Waals surface area contributed by atoms with Crippen LogP contribution in [0.5, 0.6) is 0 Å². The van der Waals surface area contributed by atoms with Crippen LogP contribution >= 0.6 is 0 Å². The minimum atomic E-state index is -0.461. The summed E-state index contributed by atoms with van der Waals surface area (Å²) in [6.07, 6.45) is 1.89. The van der Waals surface area contributed by atoms with Crippen LogP contribution in [0.3, 0.4) is 0 Å². The van der Waals surface area contributed by atoms with E-state index in [0.717, 1.165) is 16.7 Å². The van der Waals surface area contributed by atoms with Crippen LogP contribution in [-0.4, -0.2) is 23.3 Å². The molecule has 0 unspecified atom stereocenters. The third-order valence-electron chi connectivity index (χ3n) is 7.42. The lowest BCUT2D eigenvalue weighted by Gasteiger charge is -2.32. The van der Waals surface area contributed by atoms with E-state index in [4.69, 9.17) is 9.31 Å². The monoisotopic (exact) mass is 422 g/mol. The van der Waals surface area contributed by atoms with Crippen LogP contribution in [0.2, 0.25) is 0 Å². The third kappa shape index (κ3) is 3.02. The summed E-state index contributed by atoms with van der Waals surface area (Å²) >= 11 is 0. The Bertz CT molecular complexity index is 1250. The summed E-state index contributed by atoms with van der Waals surface area (Å²) in [5.74, 6) is 0. The molecule has 1 saturated heterocycles. The molecule has 2 heterocycles. The van der Waals surface area contributed by atoms with E-state index in [-0.39, 0.29) is 16.6 Å². The van der Waals surface area contributed by atoms with Crippen LogP contribution < -0.4 is 5.59 Å². The normalized spacial score (nSPS) is 19.3. The van der Waals surface area contributed by atoms with Crippen molar-refractivity contribution in [3.63, 3.8) is 0 Å². The molecule has 1 fully saturated rings. The van der Waals surface area contributed by atoms with Crippen molar-refractivity contribution in [2.24, 2.45) is 0 Å². The highest BCUT2D eigenvalue weighted by molar-refractivity contribution is 6.61. The number of benzene rings is 2. The first-order valence-electron chi connectivity index (χ1n) is 11.0. The number of hydrogen-bond donors (Lipinski definition) is 0. The Kier molecular flexibility index (Phi) is 4.44. The molecule has 5 heteroatoms. The summed E-state index contributed by atoms with van der Waals surface area (Å²) in [7, 11) is -0.461. The van der Waals surface area contributed by atoms with Crippen molar-refractivity contribution < 1.29 is 9.31 Å². The molecule has 0 N–H and O–H groups in total. The Morgan fingerprint density at radius 3 is 1.97 bits per heavy atom. The zero-order chi connectivity index (χ0) is 22.9. The van der Waals surface area contributed by atoms with Gasteiger partial charge in [0.2, 0.25) is 0 Å². The van der Waals surface area contributed by atoms with Gasteiger partial charge in [0, 0.05) is 11.6 Å². The second kappa shape index (κ2) is 6.78. The first kappa shape index (κ1) is 20.9. The standard InChI is InChI=1S/C27H27BN2O2/c1-25(2)22-13-17(15-29)7-10-20(22)21-11-8-18(14-23(21)25)19-9-12-24(30-16-19)28-31-26(3,4)27(5,6)32-28/h7-14,16H,1-6H3. The molecule has 2 aromatic carbocycles. The summed E-state index contributed by atoms with van der Waals surface area (Å²) in [5.41, 5.74) is 7.66. The molecule has 4 nitrogen and oxygen atoms in total. The molecule has 1 aliphatic heterocycles. The SMILES string of the molecule is CC1(C)c2cc(C#N)ccc2-c2ccc(-c3ccc(B4OC(C)(C)C(C)(C)O4)nc3)cc21. The van der Waals surface area contributed by atoms with Gasteiger partial charge in [0.25, 0.3) is 0 Å². The van der Waals surface area contributed by atoms with Crippen LogP contribution in [0.4, 0.5) is 0 Å². The quantitative estimate of drug-likeness (QED) is 0.531. The lowest BCUT2D eigenvalue weighted by Crippen LogP contribution is -2.41. The molecule has 0 bridgehead atoms. The van der Waals surface area contributed by atoms with Crippen molar-refractivity contribution in [2.75, 3.05) is 0 Å². The minimum Gasteiger partial charge on any atom is -0.398 e. The van der Waals surface area contributed by atoms with Crippen molar-refractivity contribution in [2.45, 2.75) is 58.2 Å². The van der Waals surface area contributed by atoms with E-state index in [0.29, 0.717) is 5.56 Å². The predicted octanol–water partition coefficient (Wildman–Crippen LogP) is 5.23. The molecule has 3 aromatic rings. The van der Waals surface area contributed by atoms with Crippen molar-refractivity contribution in [1.29, 1.82) is 5.26 Å². The average Bonchev–Trinajstić information content (AvgIpc) is 3.13. The molecule has 0 saturated carbocycles. The van der Waals surface area contributed by atoms with Crippen molar-refractivity contribution in [3.05, 3.63) is 71.4 Å². The van der Waals surface area contributed by atoms with Gasteiger partial charge in [-0.25, -0.2) is 0 Å². The number of aromatic nitrogens is 1. The van der Waals surface area contributed by atoms with Crippen LogP contribution in [0.15, 0.2) is 54.7 Å². The van der Waals surface area contributed by atoms with Gasteiger partial charge < -0.3 is 9.31 Å². The van der Waals surface area contributed by atoms with Crippen LogP contribution in [-0.2, 0) is 14.7 Å². The van der Waals surface area contributed by atoms with E-state index in [1.54, 1.807) is 0 Å². The molecule has 160 valence electrons. The molecule has 2 aliphatic rings. The Labute approximate surface area is 190 Å². The first-order valence-corrected chi connectivity index (χ1v) is 11.0. The molecular formula is C27H27BN2O2. The number of nitriles is 1. The minimum absolute atomic E-state index is 0.163. The molecule has 1 aliphatic carbocycles. The number of nitrogens with zero attached hydrogens (tertiary/aromatic N) is 2. The second-order valence-corrected chi connectivity index (χ2v) is 10.3. The Balaban J connectivity index is 1.47. The van der Waals surface area contributed by atoms with Gasteiger partial charge in [-0.2, -0.15) is 5.26 Å². The average molecular weight is 422 g/mol. The maximum absolute atomic E-state index is 9.33. The summed E-state index contributed by atoms with van der Waals surface area (Å²) in [5, 5.41) is 9.33. The van der Waals surface area contributed by atoms with Crippen LogP contribution in [0.25, 0.3) is 22.3 Å². The van der Waals surface area contributed by atoms with E-state index in [1.165, 1.54) is 22.3 Å². The van der Waals surface area contributed by atoms with Gasteiger partial charge in [-0.05, 0) is 85.3 Å². The maximum atomic E-state index is 9.33. The lowest BCUT2D eigenvalue weighted by molar-refractivity contribution is 0.00578. The summed E-state index contributed by atoms with van der Waals surface area (Å²) in [6, 6.07) is 18.9. The molecule has 32 heavy (non-hydrogen) atoms. The Morgan fingerprint density at radius 2 is 1.38 bits per heavy atom. The number of hydrogen-bond acceptors (Lipinski definition) is 4. The molecule has 0 spiro atoms. The summed E-state index contributed by atoms with van der Waals surface area (Å²) < 4.78 is 12.3. The van der Waals surface area contributed by atoms with Crippen molar-refractivity contribution in [3.8, 4) is 28.3 Å². The van der Waals surface area contributed by atoms with Crippen molar-refractivity contribution >= 4 is 12.7 Å². The highest BCUT2D eigenvalue weighted by atomic mass is 16.7. The van der Waals surface area contributed by atoms with E-state index in [1.807, 2.05) is 52.1 Å². The van der Waals surface area contributed by atoms with Gasteiger partial charge in [0.1, 0.15) is 0 Å². The molecule has 0 radical (unpaired) electrons. The Morgan fingerprint density at radius 1 is 0.781 bits per heavy atom. The van der Waals surface area contributed by atoms with E-state index < -0.39 is 7.12 Å². The number of fused-ring (bicyclic) bond motifs is 3. The van der Waals surface area contributed by atoms with Gasteiger partial charge in [0.05, 0.1) is 28.4 Å². The third-order valence-corrected chi connectivity index (χ3v) is 7.42. The molecule has 0 atom stereocenters. The van der Waals surface area contributed by atoms with E-state index in [2.05, 4.69) is 55.2 Å². The van der Waals surface area contributed by atoms with E-state index in [9.17, 15) is 5.26 Å². The van der Waals surface area contributed by atoms with E-state index >= 15 is 0 Å². The predicted molar refractivity (Wildman–Crippen MR) is 128 cm³/mol. The largest absolute Gasteiger partial charge is 0.514 e. The van der Waals surface area contributed by atoms with Crippen LogP contribution in [0, 0.1) is 11.3 Å². The van der Waals surface area contributed by atoms with Gasteiger partial charge in [-0.15, -0.1) is 0 Å². The van der Waals surface area contributed by atoms with Gasteiger partial charge >= 0.3 is 7.12 Å². The molecule has 5 rings (SSSR count). The number of rotatable bonds is 2. The fourth-order valence-electron chi connectivity index (χ4n) is 4.67. The highest BCUT2D eigenvalue weighted by Gasteiger charge is 2.52. The molecule has 1 aromatic heterocycles. The van der Waals surface area contributed by atoms with Gasteiger partial charge in [-0.3, -0.25) is 4.98 Å². The first-order chi connectivity index (χ1) is 15.0. The van der Waals surface area contributed by atoms with Crippen molar-refractivity contribution in [1.82, 2.24) is 4.98 Å². The summed E-state index contributed by atoms with van der Waals surface area (Å²) in [4.78, 5) is 4.67. The highest BCUT2D eigenvalue weighted by Crippen LogP contribution is 2.49. The van der Waals surface area contributed by atoms with Crippen LogP contribution in [0.1, 0.15) is 58.2 Å². The van der Waals surface area contributed by atoms with Gasteiger partial charge in [0.15, 0.2) is 0 Å². The second-order valence-electron chi connectivity index (χ2n) is 10.3. The maximum Gasteiger partial charge on any atom is 0.514 e. The lowest BCUT2D eigenvalue weighted by atomic mass is 9.81. The topological polar surface area (TPSA) is 55.1 Å². The molecular weight excluding hydrogens is 395 g/mol. The zero-order valence-electron chi connectivity index (χ0n) is 19.5. The summed E-state index contributed by atoms with van der Waals surface area (Å²) in [6.45, 7) is 12.6. The van der Waals surface area contributed by atoms with Gasteiger partial charge in [-0.1, -0.05) is 38.1 Å². The smallest absolute Gasteiger partial charge is 0.398 e. The fraction of sp³-hybridized carbons (Fsp3) is 0.333. The molecule has 0 amide bonds.